The van der Waals surface area contributed by atoms with E-state index in [2.05, 4.69) is 52.4 Å². The largest absolute Gasteiger partial charge is 0.491 e. The fraction of sp³-hybridized carbons (Fsp3) is 0.641. The van der Waals surface area contributed by atoms with Crippen LogP contribution in [0.2, 0.25) is 0 Å². The molecule has 2 aromatic rings. The van der Waals surface area contributed by atoms with Crippen LogP contribution in [0.5, 0.6) is 5.75 Å². The van der Waals surface area contributed by atoms with Crippen molar-refractivity contribution >= 4 is 40.5 Å². The molecule has 3 aliphatic rings. The number of fused-ring (bicyclic) bond motifs is 2. The van der Waals surface area contributed by atoms with Gasteiger partial charge in [0.2, 0.25) is 0 Å². The Labute approximate surface area is 307 Å². The number of carbonyl (C=O) groups excluding carboxylic acids is 2. The lowest BCUT2D eigenvalue weighted by molar-refractivity contribution is -0.115. The normalized spacial score (nSPS) is 25.3. The van der Waals surface area contributed by atoms with Gasteiger partial charge in [-0.15, -0.1) is 11.6 Å². The summed E-state index contributed by atoms with van der Waals surface area (Å²) in [7, 11) is 2.18. The van der Waals surface area contributed by atoms with Crippen LogP contribution in [-0.4, -0.2) is 96.2 Å². The van der Waals surface area contributed by atoms with E-state index in [0.717, 1.165) is 82.3 Å². The van der Waals surface area contributed by atoms with Crippen LogP contribution < -0.4 is 14.4 Å². The average Bonchev–Trinajstić information content (AvgIpc) is 3.30. The maximum Gasteiger partial charge on any atom is 0.263 e. The van der Waals surface area contributed by atoms with Crippen molar-refractivity contribution in [3.63, 3.8) is 0 Å². The summed E-state index contributed by atoms with van der Waals surface area (Å²) in [4.78, 5) is 29.7. The molecule has 0 radical (unpaired) electrons. The van der Waals surface area contributed by atoms with E-state index in [4.69, 9.17) is 14.9 Å². The molecule has 0 spiro atoms. The summed E-state index contributed by atoms with van der Waals surface area (Å²) in [5.74, 6) is 1.58. The topological polar surface area (TPSA) is 119 Å². The number of aliphatic hydroxyl groups excluding tert-OH is 2. The Morgan fingerprint density at radius 1 is 1.04 bits per heavy atom. The lowest BCUT2D eigenvalue weighted by Crippen LogP contribution is -2.43. The van der Waals surface area contributed by atoms with Crippen LogP contribution in [0, 0.1) is 17.8 Å². The number of ether oxygens (including phenoxy) is 1. The van der Waals surface area contributed by atoms with E-state index in [1.807, 2.05) is 33.2 Å². The molecule has 2 heterocycles. The van der Waals surface area contributed by atoms with Crippen molar-refractivity contribution < 1.29 is 28.7 Å². The monoisotopic (exact) mass is 733 g/mol. The van der Waals surface area contributed by atoms with Gasteiger partial charge in [0, 0.05) is 36.9 Å². The van der Waals surface area contributed by atoms with Gasteiger partial charge in [0.1, 0.15) is 23.0 Å². The smallest absolute Gasteiger partial charge is 0.263 e. The van der Waals surface area contributed by atoms with Crippen molar-refractivity contribution in [2.24, 2.45) is 17.8 Å². The first-order valence-electron chi connectivity index (χ1n) is 18.3. The van der Waals surface area contributed by atoms with Gasteiger partial charge in [0.25, 0.3) is 5.91 Å². The maximum absolute atomic E-state index is 13.3. The number of rotatable bonds is 8. The number of aliphatic hydroxyl groups is 2. The molecule has 1 fully saturated rings. The van der Waals surface area contributed by atoms with Crippen LogP contribution in [0.3, 0.4) is 0 Å². The highest BCUT2D eigenvalue weighted by Crippen LogP contribution is 2.44. The Balaban J connectivity index is 0.000000596. The van der Waals surface area contributed by atoms with Crippen molar-refractivity contribution in [2.45, 2.75) is 88.8 Å². The molecule has 1 aliphatic carbocycles. The van der Waals surface area contributed by atoms with Crippen LogP contribution in [0.4, 0.5) is 5.69 Å². The molecule has 50 heavy (non-hydrogen) atoms. The molecule has 11 heteroatoms. The van der Waals surface area contributed by atoms with E-state index in [1.165, 1.54) is 23.8 Å². The molecule has 3 N–H and O–H groups in total. The second-order valence-electron chi connectivity index (χ2n) is 13.9. The number of hydrogen-bond acceptors (Lipinski definition) is 8. The Morgan fingerprint density at radius 3 is 2.36 bits per heavy atom. The van der Waals surface area contributed by atoms with Crippen LogP contribution in [0.15, 0.2) is 42.5 Å². The number of carbonyl (C=O) groups is 2. The third-order valence-corrected chi connectivity index (χ3v) is 12.1. The van der Waals surface area contributed by atoms with E-state index < -0.39 is 11.0 Å². The zero-order valence-electron chi connectivity index (χ0n) is 30.7. The summed E-state index contributed by atoms with van der Waals surface area (Å²) in [6.07, 6.45) is 11.3. The van der Waals surface area contributed by atoms with Gasteiger partial charge in [-0.1, -0.05) is 57.4 Å². The molecule has 280 valence electrons. The number of likely N-dealkylation sites (N-methyl/N-ethyl adjacent to an activating group) is 1. The maximum atomic E-state index is 13.3. The lowest BCUT2D eigenvalue weighted by atomic mass is 9.66. The van der Waals surface area contributed by atoms with E-state index in [-0.39, 0.29) is 42.2 Å². The van der Waals surface area contributed by atoms with E-state index in [0.29, 0.717) is 24.0 Å². The SMILES string of the molecule is CCCc1ccccc1C1COc2ccc3cc2N(C1)CC1CCC1C(C=O)CCCCC(CC)S(=O)NC3=O.CCl.CN(C)C(CO)CO. The van der Waals surface area contributed by atoms with Gasteiger partial charge in [0.15, 0.2) is 0 Å². The molecule has 0 aromatic heterocycles. The number of amides is 1. The number of benzene rings is 2. The number of nitrogens with one attached hydrogen (secondary N) is 1. The number of hydrogen-bond donors (Lipinski definition) is 3. The fourth-order valence-electron chi connectivity index (χ4n) is 7.31. The van der Waals surface area contributed by atoms with Crippen molar-refractivity contribution in [2.75, 3.05) is 58.3 Å². The number of halogens is 1. The summed E-state index contributed by atoms with van der Waals surface area (Å²) in [5, 5.41) is 16.9. The summed E-state index contributed by atoms with van der Waals surface area (Å²) < 4.78 is 22.3. The van der Waals surface area contributed by atoms with Crippen molar-refractivity contribution in [1.82, 2.24) is 9.62 Å². The average molecular weight is 734 g/mol. The molecule has 0 saturated heterocycles. The first-order valence-corrected chi connectivity index (χ1v) is 20.2. The first kappa shape index (κ1) is 41.9. The van der Waals surface area contributed by atoms with Gasteiger partial charge in [-0.25, -0.2) is 4.21 Å². The summed E-state index contributed by atoms with van der Waals surface area (Å²) >= 11 is 4.64. The minimum atomic E-state index is -1.46. The third-order valence-electron chi connectivity index (χ3n) is 10.5. The predicted octanol–water partition coefficient (Wildman–Crippen LogP) is 5.97. The third kappa shape index (κ3) is 11.2. The fourth-order valence-corrected chi connectivity index (χ4v) is 8.46. The highest BCUT2D eigenvalue weighted by Gasteiger charge is 2.39. The number of aldehydes is 1. The van der Waals surface area contributed by atoms with E-state index in [9.17, 15) is 13.8 Å². The molecule has 2 aliphatic heterocycles. The first-order chi connectivity index (χ1) is 24.2. The quantitative estimate of drug-likeness (QED) is 0.225. The highest BCUT2D eigenvalue weighted by molar-refractivity contribution is 7.84. The Morgan fingerprint density at radius 2 is 1.76 bits per heavy atom. The molecule has 2 aromatic carbocycles. The summed E-state index contributed by atoms with van der Waals surface area (Å²) in [6.45, 7) is 6.47. The van der Waals surface area contributed by atoms with Gasteiger partial charge >= 0.3 is 0 Å². The van der Waals surface area contributed by atoms with Crippen molar-refractivity contribution in [1.29, 1.82) is 0 Å². The number of anilines is 1. The summed E-state index contributed by atoms with van der Waals surface area (Å²) in [6, 6.07) is 14.2. The highest BCUT2D eigenvalue weighted by atomic mass is 35.5. The second-order valence-corrected chi connectivity index (χ2v) is 15.3. The molecule has 5 rings (SSSR count). The molecule has 1 saturated carbocycles. The van der Waals surface area contributed by atoms with Crippen LogP contribution in [-0.2, 0) is 22.2 Å². The molecular weight excluding hydrogens is 674 g/mol. The van der Waals surface area contributed by atoms with Crippen LogP contribution >= 0.6 is 11.6 Å². The van der Waals surface area contributed by atoms with Gasteiger partial charge in [-0.2, -0.15) is 0 Å². The standard InChI is InChI=1S/C33H44N2O4S.C5H13NO2.CH3Cl/c1-3-9-23-10-6-8-13-29(23)27-20-35-19-25-14-16-30(25)26(21-36)11-5-7-12-28(4-2)40(38)34-33(37)24-15-17-32(39-22-27)31(35)18-24;1-6(2)5(3-7)4-8;1-2/h6,8,10,13,15,17-18,21,25-28,30H,3-5,7,9,11-12,14,16,19-20,22H2,1-2H3,(H,34,37);5,7-8H,3-4H2,1-2H3;1H3. The molecule has 6 atom stereocenters. The molecule has 6 unspecified atom stereocenters. The van der Waals surface area contributed by atoms with Gasteiger partial charge in [-0.05, 0) is 93.8 Å². The van der Waals surface area contributed by atoms with E-state index >= 15 is 0 Å². The number of aryl methyl sites for hydroxylation is 1. The lowest BCUT2D eigenvalue weighted by Gasteiger charge is -2.43. The summed E-state index contributed by atoms with van der Waals surface area (Å²) in [5.41, 5.74) is 4.12. The Bertz CT molecular complexity index is 1360. The van der Waals surface area contributed by atoms with Gasteiger partial charge < -0.3 is 29.5 Å². The molecular formula is C39H60ClN3O6S. The molecule has 1 amide bonds. The predicted molar refractivity (Wildman–Crippen MR) is 205 cm³/mol. The Kier molecular flexibility index (Phi) is 18.2. The van der Waals surface area contributed by atoms with Crippen molar-refractivity contribution in [3.8, 4) is 5.75 Å². The minimum absolute atomic E-state index is 0.0174. The van der Waals surface area contributed by atoms with Gasteiger partial charge in [-0.3, -0.25) is 9.52 Å². The molecule has 2 bridgehead atoms. The number of alkyl halides is 1. The minimum Gasteiger partial charge on any atom is -0.491 e. The van der Waals surface area contributed by atoms with Crippen molar-refractivity contribution in [3.05, 3.63) is 59.2 Å². The zero-order valence-corrected chi connectivity index (χ0v) is 32.3. The molecule has 9 nitrogen and oxygen atoms in total. The zero-order chi connectivity index (χ0) is 36.6. The Hall–Kier alpha value is -2.50. The number of nitrogens with zero attached hydrogens (tertiary/aromatic N) is 2. The van der Waals surface area contributed by atoms with Crippen LogP contribution in [0.25, 0.3) is 0 Å². The second kappa shape index (κ2) is 21.8. The van der Waals surface area contributed by atoms with Crippen LogP contribution in [0.1, 0.15) is 92.6 Å². The van der Waals surface area contributed by atoms with E-state index in [1.54, 1.807) is 11.0 Å². The van der Waals surface area contributed by atoms with Gasteiger partial charge in [0.05, 0.1) is 36.8 Å².